The molecule has 1 aromatic heterocycles. The summed E-state index contributed by atoms with van der Waals surface area (Å²) >= 11 is 0. The molecule has 8 nitrogen and oxygen atoms in total. The van der Waals surface area contributed by atoms with Crippen LogP contribution < -0.4 is 15.4 Å². The summed E-state index contributed by atoms with van der Waals surface area (Å²) in [4.78, 5) is 25.5. The van der Waals surface area contributed by atoms with Crippen LogP contribution in [0.5, 0.6) is 5.75 Å². The summed E-state index contributed by atoms with van der Waals surface area (Å²) < 4.78 is 7.02. The molecule has 0 saturated carbocycles. The normalized spacial score (nSPS) is 15.8. The van der Waals surface area contributed by atoms with Crippen LogP contribution in [-0.2, 0) is 4.79 Å². The number of benzene rings is 1. The van der Waals surface area contributed by atoms with Crippen LogP contribution >= 0.6 is 0 Å². The van der Waals surface area contributed by atoms with Gasteiger partial charge in [0, 0.05) is 43.9 Å². The third-order valence-corrected chi connectivity index (χ3v) is 4.95. The summed E-state index contributed by atoms with van der Waals surface area (Å²) in [5.74, 6) is 0.739. The maximum atomic E-state index is 12.6. The molecule has 0 bridgehead atoms. The number of methoxy groups -OCH3 is 1. The van der Waals surface area contributed by atoms with Crippen LogP contribution in [0.3, 0.4) is 0 Å². The number of hydrogen-bond donors (Lipinski definition) is 2. The van der Waals surface area contributed by atoms with E-state index >= 15 is 0 Å². The molecular formula is C20H27N5O3. The van der Waals surface area contributed by atoms with E-state index < -0.39 is 0 Å². The highest BCUT2D eigenvalue weighted by molar-refractivity contribution is 5.75. The van der Waals surface area contributed by atoms with Crippen LogP contribution in [0, 0.1) is 0 Å². The number of carbonyl (C=O) groups is 2. The Hall–Kier alpha value is -3.03. The maximum Gasteiger partial charge on any atom is 0.317 e. The number of likely N-dealkylation sites (tertiary alicyclic amines) is 1. The molecule has 1 unspecified atom stereocenters. The van der Waals surface area contributed by atoms with E-state index in [9.17, 15) is 9.59 Å². The van der Waals surface area contributed by atoms with Gasteiger partial charge < -0.3 is 20.3 Å². The molecule has 0 spiro atoms. The number of nitrogens with zero attached hydrogens (tertiary/aromatic N) is 3. The Kier molecular flexibility index (Phi) is 6.18. The molecule has 1 fully saturated rings. The van der Waals surface area contributed by atoms with Crippen LogP contribution in [0.15, 0.2) is 36.7 Å². The Bertz CT molecular complexity index is 827. The van der Waals surface area contributed by atoms with Crippen LogP contribution in [0.4, 0.5) is 4.79 Å². The fraction of sp³-hybridized carbons (Fsp3) is 0.450. The van der Waals surface area contributed by atoms with E-state index in [2.05, 4.69) is 15.7 Å². The molecule has 1 aromatic carbocycles. The first-order valence-electron chi connectivity index (χ1n) is 9.48. The summed E-state index contributed by atoms with van der Waals surface area (Å²) in [5, 5.41) is 10.3. The standard InChI is InChI=1S/C20H27N5O3/c1-14(22-20(27)24-9-7-17(8-10-24)23-15(2)26)16-12-21-25(13-16)18-5-4-6-19(11-18)28-3/h4-6,11-14,17H,7-10H2,1-3H3,(H,22,27)(H,23,26). The quantitative estimate of drug-likeness (QED) is 0.826. The van der Waals surface area contributed by atoms with Gasteiger partial charge in [0.1, 0.15) is 5.75 Å². The molecule has 0 aliphatic carbocycles. The van der Waals surface area contributed by atoms with Crippen LogP contribution in [0.2, 0.25) is 0 Å². The number of urea groups is 1. The van der Waals surface area contributed by atoms with Gasteiger partial charge in [-0.05, 0) is 31.9 Å². The average Bonchev–Trinajstić information content (AvgIpc) is 3.18. The second kappa shape index (κ2) is 8.77. The molecule has 3 rings (SSSR count). The zero-order valence-corrected chi connectivity index (χ0v) is 16.5. The summed E-state index contributed by atoms with van der Waals surface area (Å²) in [5.41, 5.74) is 1.81. The predicted octanol–water partition coefficient (Wildman–Crippen LogP) is 2.25. The first-order chi connectivity index (χ1) is 13.5. The van der Waals surface area contributed by atoms with Gasteiger partial charge >= 0.3 is 6.03 Å². The van der Waals surface area contributed by atoms with Crippen molar-refractivity contribution in [2.75, 3.05) is 20.2 Å². The van der Waals surface area contributed by atoms with Crippen molar-refractivity contribution in [1.82, 2.24) is 25.3 Å². The third-order valence-electron chi connectivity index (χ3n) is 4.95. The van der Waals surface area contributed by atoms with Crippen molar-refractivity contribution in [2.45, 2.75) is 38.8 Å². The summed E-state index contributed by atoms with van der Waals surface area (Å²) in [6.07, 6.45) is 5.21. The minimum Gasteiger partial charge on any atom is -0.497 e. The summed E-state index contributed by atoms with van der Waals surface area (Å²) in [6, 6.07) is 7.53. The molecule has 28 heavy (non-hydrogen) atoms. The Morgan fingerprint density at radius 1 is 1.29 bits per heavy atom. The van der Waals surface area contributed by atoms with Crippen molar-refractivity contribution < 1.29 is 14.3 Å². The second-order valence-corrected chi connectivity index (χ2v) is 7.05. The lowest BCUT2D eigenvalue weighted by Crippen LogP contribution is -2.49. The van der Waals surface area contributed by atoms with Gasteiger partial charge in [-0.15, -0.1) is 0 Å². The lowest BCUT2D eigenvalue weighted by molar-refractivity contribution is -0.119. The average molecular weight is 385 g/mol. The van der Waals surface area contributed by atoms with Crippen LogP contribution in [0.25, 0.3) is 5.69 Å². The molecule has 2 heterocycles. The lowest BCUT2D eigenvalue weighted by atomic mass is 10.1. The van der Waals surface area contributed by atoms with Gasteiger partial charge in [-0.2, -0.15) is 5.10 Å². The highest BCUT2D eigenvalue weighted by Gasteiger charge is 2.24. The molecule has 3 amide bonds. The van der Waals surface area contributed by atoms with Crippen molar-refractivity contribution >= 4 is 11.9 Å². The molecule has 1 aliphatic heterocycles. The van der Waals surface area contributed by atoms with Gasteiger partial charge in [0.15, 0.2) is 0 Å². The van der Waals surface area contributed by atoms with Gasteiger partial charge in [0.2, 0.25) is 5.91 Å². The SMILES string of the molecule is COc1cccc(-n2cc(C(C)NC(=O)N3CCC(NC(C)=O)CC3)cn2)c1. The van der Waals surface area contributed by atoms with Crippen molar-refractivity contribution in [3.05, 3.63) is 42.2 Å². The van der Waals surface area contributed by atoms with E-state index in [0.29, 0.717) is 13.1 Å². The van der Waals surface area contributed by atoms with E-state index in [1.54, 1.807) is 22.9 Å². The third kappa shape index (κ3) is 4.82. The number of ether oxygens (including phenoxy) is 1. The lowest BCUT2D eigenvalue weighted by Gasteiger charge is -2.33. The minimum atomic E-state index is -0.167. The number of nitrogens with one attached hydrogen (secondary N) is 2. The molecule has 0 radical (unpaired) electrons. The molecule has 2 N–H and O–H groups in total. The monoisotopic (exact) mass is 385 g/mol. The number of amides is 3. The Labute approximate surface area is 164 Å². The number of rotatable bonds is 5. The van der Waals surface area contributed by atoms with Gasteiger partial charge in [-0.1, -0.05) is 6.07 Å². The van der Waals surface area contributed by atoms with Crippen LogP contribution in [0.1, 0.15) is 38.3 Å². The zero-order valence-electron chi connectivity index (χ0n) is 16.5. The number of piperidine rings is 1. The van der Waals surface area contributed by atoms with Crippen molar-refractivity contribution in [1.29, 1.82) is 0 Å². The van der Waals surface area contributed by atoms with Crippen LogP contribution in [-0.4, -0.2) is 52.9 Å². The molecule has 1 saturated heterocycles. The fourth-order valence-electron chi connectivity index (χ4n) is 3.33. The van der Waals surface area contributed by atoms with Gasteiger partial charge in [-0.3, -0.25) is 4.79 Å². The first kappa shape index (κ1) is 19.7. The van der Waals surface area contributed by atoms with Crippen molar-refractivity contribution in [3.8, 4) is 11.4 Å². The topological polar surface area (TPSA) is 88.5 Å². The van der Waals surface area contributed by atoms with Crippen molar-refractivity contribution in [2.24, 2.45) is 0 Å². The first-order valence-corrected chi connectivity index (χ1v) is 9.48. The number of hydrogen-bond acceptors (Lipinski definition) is 4. The molecule has 2 aromatic rings. The number of aromatic nitrogens is 2. The van der Waals surface area contributed by atoms with E-state index in [4.69, 9.17) is 4.74 Å². The molecule has 8 heteroatoms. The molecule has 1 aliphatic rings. The van der Waals surface area contributed by atoms with Gasteiger partial charge in [0.05, 0.1) is 25.0 Å². The smallest absolute Gasteiger partial charge is 0.317 e. The Morgan fingerprint density at radius 2 is 2.04 bits per heavy atom. The maximum absolute atomic E-state index is 12.6. The minimum absolute atomic E-state index is 0.0235. The Balaban J connectivity index is 1.56. The second-order valence-electron chi connectivity index (χ2n) is 7.05. The predicted molar refractivity (Wildman–Crippen MR) is 105 cm³/mol. The highest BCUT2D eigenvalue weighted by atomic mass is 16.5. The van der Waals surface area contributed by atoms with Gasteiger partial charge in [-0.25, -0.2) is 9.48 Å². The van der Waals surface area contributed by atoms with E-state index in [-0.39, 0.29) is 24.0 Å². The highest BCUT2D eigenvalue weighted by Crippen LogP contribution is 2.19. The number of carbonyl (C=O) groups excluding carboxylic acids is 2. The van der Waals surface area contributed by atoms with E-state index in [0.717, 1.165) is 29.8 Å². The van der Waals surface area contributed by atoms with Crippen molar-refractivity contribution in [3.63, 3.8) is 0 Å². The van der Waals surface area contributed by atoms with E-state index in [1.807, 2.05) is 37.4 Å². The molecular weight excluding hydrogens is 358 g/mol. The summed E-state index contributed by atoms with van der Waals surface area (Å²) in [7, 11) is 1.63. The van der Waals surface area contributed by atoms with Gasteiger partial charge in [0.25, 0.3) is 0 Å². The zero-order chi connectivity index (χ0) is 20.1. The molecule has 150 valence electrons. The largest absolute Gasteiger partial charge is 0.497 e. The van der Waals surface area contributed by atoms with E-state index in [1.165, 1.54) is 6.92 Å². The summed E-state index contributed by atoms with van der Waals surface area (Å²) in [6.45, 7) is 4.72. The molecule has 1 atom stereocenters. The fourth-order valence-corrected chi connectivity index (χ4v) is 3.33. The Morgan fingerprint density at radius 3 is 2.71 bits per heavy atom.